The molecule has 1 aromatic heterocycles. The molecule has 1 nitrogen and oxygen atoms in total. The van der Waals surface area contributed by atoms with Crippen molar-refractivity contribution >= 4 is 11.3 Å². The van der Waals surface area contributed by atoms with Crippen LogP contribution >= 0.6 is 11.3 Å². The van der Waals surface area contributed by atoms with Gasteiger partial charge in [-0.15, -0.1) is 11.3 Å². The third kappa shape index (κ3) is 5.69. The molecule has 1 N–H and O–H groups in total. The van der Waals surface area contributed by atoms with Crippen molar-refractivity contribution < 1.29 is 0 Å². The van der Waals surface area contributed by atoms with Gasteiger partial charge in [-0.25, -0.2) is 0 Å². The summed E-state index contributed by atoms with van der Waals surface area (Å²) >= 11 is 1.99. The second-order valence-electron chi connectivity index (χ2n) is 5.49. The van der Waals surface area contributed by atoms with Crippen LogP contribution in [0.2, 0.25) is 0 Å². The number of hydrogen-bond acceptors (Lipinski definition) is 2. The van der Waals surface area contributed by atoms with Crippen LogP contribution in [-0.2, 0) is 12.8 Å². The van der Waals surface area contributed by atoms with E-state index in [4.69, 9.17) is 0 Å². The third-order valence-electron chi connectivity index (χ3n) is 3.34. The minimum atomic E-state index is 0.457. The minimum absolute atomic E-state index is 0.457. The molecule has 17 heavy (non-hydrogen) atoms. The van der Waals surface area contributed by atoms with E-state index in [0.717, 1.165) is 13.1 Å². The monoisotopic (exact) mass is 253 g/mol. The highest BCUT2D eigenvalue weighted by atomic mass is 32.1. The van der Waals surface area contributed by atoms with Crippen molar-refractivity contribution in [2.45, 2.75) is 53.4 Å². The van der Waals surface area contributed by atoms with Gasteiger partial charge in [0.1, 0.15) is 0 Å². The zero-order chi connectivity index (χ0) is 12.7. The van der Waals surface area contributed by atoms with E-state index in [9.17, 15) is 0 Å². The normalized spacial score (nSPS) is 12.0. The Kier molecular flexibility index (Phi) is 6.21. The average Bonchev–Trinajstić information content (AvgIpc) is 2.75. The van der Waals surface area contributed by atoms with Crippen LogP contribution in [0.5, 0.6) is 0 Å². The van der Waals surface area contributed by atoms with Gasteiger partial charge in [0.05, 0.1) is 0 Å². The zero-order valence-corrected chi connectivity index (χ0v) is 12.6. The van der Waals surface area contributed by atoms with Gasteiger partial charge in [-0.2, -0.15) is 0 Å². The minimum Gasteiger partial charge on any atom is -0.317 e. The van der Waals surface area contributed by atoms with E-state index in [1.165, 1.54) is 30.6 Å². The molecule has 0 spiro atoms. The maximum atomic E-state index is 3.42. The molecule has 0 bridgehead atoms. The lowest BCUT2D eigenvalue weighted by molar-refractivity contribution is 0.304. The van der Waals surface area contributed by atoms with E-state index in [1.807, 2.05) is 11.3 Å². The Hall–Kier alpha value is -0.340. The molecule has 98 valence electrons. The summed E-state index contributed by atoms with van der Waals surface area (Å²) in [6.45, 7) is 11.4. The van der Waals surface area contributed by atoms with Crippen LogP contribution in [0.25, 0.3) is 0 Å². The van der Waals surface area contributed by atoms with Gasteiger partial charge in [0, 0.05) is 9.75 Å². The van der Waals surface area contributed by atoms with Gasteiger partial charge in [0.2, 0.25) is 0 Å². The van der Waals surface area contributed by atoms with Crippen molar-refractivity contribution in [3.05, 3.63) is 21.9 Å². The molecule has 0 fully saturated rings. The molecule has 0 unspecified atom stereocenters. The Morgan fingerprint density at radius 3 is 2.41 bits per heavy atom. The summed E-state index contributed by atoms with van der Waals surface area (Å²) in [5.41, 5.74) is 0.457. The van der Waals surface area contributed by atoms with Crippen LogP contribution in [0.4, 0.5) is 0 Å². The fraction of sp³-hybridized carbons (Fsp3) is 0.733. The molecule has 0 aromatic carbocycles. The van der Waals surface area contributed by atoms with E-state index in [0.29, 0.717) is 5.41 Å². The fourth-order valence-electron chi connectivity index (χ4n) is 1.94. The molecule has 2 heteroatoms. The summed E-state index contributed by atoms with van der Waals surface area (Å²) in [7, 11) is 0. The van der Waals surface area contributed by atoms with Crippen molar-refractivity contribution in [3.8, 4) is 0 Å². The lowest BCUT2D eigenvalue weighted by Gasteiger charge is -2.24. The van der Waals surface area contributed by atoms with Crippen LogP contribution in [0.1, 0.15) is 50.3 Å². The first-order valence-corrected chi connectivity index (χ1v) is 7.67. The SMILES string of the molecule is CCNCCC(C)(C)CCc1ccc(CC)s1. The zero-order valence-electron chi connectivity index (χ0n) is 11.8. The van der Waals surface area contributed by atoms with Gasteiger partial charge in [0.25, 0.3) is 0 Å². The van der Waals surface area contributed by atoms with Gasteiger partial charge in [-0.1, -0.05) is 27.7 Å². The summed E-state index contributed by atoms with van der Waals surface area (Å²) < 4.78 is 0. The second kappa shape index (κ2) is 7.17. The number of hydrogen-bond donors (Lipinski definition) is 1. The Balaban J connectivity index is 2.32. The van der Waals surface area contributed by atoms with Gasteiger partial charge >= 0.3 is 0 Å². The van der Waals surface area contributed by atoms with Crippen molar-refractivity contribution in [2.75, 3.05) is 13.1 Å². The highest BCUT2D eigenvalue weighted by Crippen LogP contribution is 2.28. The molecule has 1 heterocycles. The Morgan fingerprint density at radius 1 is 1.12 bits per heavy atom. The molecule has 0 aliphatic heterocycles. The second-order valence-corrected chi connectivity index (χ2v) is 6.74. The molecule has 0 saturated heterocycles. The molecular formula is C15H27NS. The van der Waals surface area contributed by atoms with Gasteiger partial charge < -0.3 is 5.32 Å². The molecule has 0 aliphatic rings. The first kappa shape index (κ1) is 14.7. The van der Waals surface area contributed by atoms with Crippen LogP contribution < -0.4 is 5.32 Å². The summed E-state index contributed by atoms with van der Waals surface area (Å²) in [6.07, 6.45) is 4.98. The van der Waals surface area contributed by atoms with E-state index in [1.54, 1.807) is 4.88 Å². The molecule has 1 rings (SSSR count). The van der Waals surface area contributed by atoms with Crippen molar-refractivity contribution in [2.24, 2.45) is 5.41 Å². The van der Waals surface area contributed by atoms with Crippen molar-refractivity contribution in [1.29, 1.82) is 0 Å². The quantitative estimate of drug-likeness (QED) is 0.682. The summed E-state index contributed by atoms with van der Waals surface area (Å²) in [5.74, 6) is 0. The maximum Gasteiger partial charge on any atom is 0.00483 e. The topological polar surface area (TPSA) is 12.0 Å². The van der Waals surface area contributed by atoms with Gasteiger partial charge in [-0.05, 0) is 56.3 Å². The first-order valence-electron chi connectivity index (χ1n) is 6.85. The highest BCUT2D eigenvalue weighted by molar-refractivity contribution is 7.11. The van der Waals surface area contributed by atoms with Crippen LogP contribution in [0.3, 0.4) is 0 Å². The average molecular weight is 253 g/mol. The van der Waals surface area contributed by atoms with Crippen LogP contribution in [-0.4, -0.2) is 13.1 Å². The molecule has 0 radical (unpaired) electrons. The van der Waals surface area contributed by atoms with Crippen LogP contribution in [0.15, 0.2) is 12.1 Å². The third-order valence-corrected chi connectivity index (χ3v) is 4.63. The molecular weight excluding hydrogens is 226 g/mol. The van der Waals surface area contributed by atoms with Gasteiger partial charge in [0.15, 0.2) is 0 Å². The number of nitrogens with one attached hydrogen (secondary N) is 1. The predicted octanol–water partition coefficient (Wildman–Crippen LogP) is 4.27. The smallest absolute Gasteiger partial charge is 0.00483 e. The van der Waals surface area contributed by atoms with Crippen molar-refractivity contribution in [3.63, 3.8) is 0 Å². The van der Waals surface area contributed by atoms with E-state index >= 15 is 0 Å². The Labute approximate surface area is 111 Å². The largest absolute Gasteiger partial charge is 0.317 e. The molecule has 0 atom stereocenters. The number of thiophene rings is 1. The first-order chi connectivity index (χ1) is 8.07. The molecule has 0 amide bonds. The fourth-order valence-corrected chi connectivity index (χ4v) is 2.89. The van der Waals surface area contributed by atoms with Crippen LogP contribution in [0, 0.1) is 5.41 Å². The van der Waals surface area contributed by atoms with Crippen molar-refractivity contribution in [1.82, 2.24) is 5.32 Å². The maximum absolute atomic E-state index is 3.42. The summed E-state index contributed by atoms with van der Waals surface area (Å²) in [4.78, 5) is 3.07. The number of aryl methyl sites for hydroxylation is 2. The highest BCUT2D eigenvalue weighted by Gasteiger charge is 2.17. The van der Waals surface area contributed by atoms with Gasteiger partial charge in [-0.3, -0.25) is 0 Å². The summed E-state index contributed by atoms with van der Waals surface area (Å²) in [6, 6.07) is 4.59. The Morgan fingerprint density at radius 2 is 1.82 bits per heavy atom. The Bertz CT molecular complexity index is 314. The predicted molar refractivity (Wildman–Crippen MR) is 79.0 cm³/mol. The molecule has 1 aromatic rings. The van der Waals surface area contributed by atoms with E-state index in [2.05, 4.69) is 45.1 Å². The number of rotatable bonds is 8. The summed E-state index contributed by atoms with van der Waals surface area (Å²) in [5, 5.41) is 3.42. The molecule has 0 aliphatic carbocycles. The van der Waals surface area contributed by atoms with E-state index < -0.39 is 0 Å². The standard InChI is InChI=1S/C15H27NS/c1-5-13-7-8-14(17-13)9-10-15(3,4)11-12-16-6-2/h7-8,16H,5-6,9-12H2,1-4H3. The van der Waals surface area contributed by atoms with E-state index in [-0.39, 0.29) is 0 Å². The lowest BCUT2D eigenvalue weighted by atomic mass is 9.84. The lowest BCUT2D eigenvalue weighted by Crippen LogP contribution is -2.22. The molecule has 0 saturated carbocycles.